The van der Waals surface area contributed by atoms with Crippen LogP contribution in [0, 0.1) is 6.92 Å². The zero-order valence-electron chi connectivity index (χ0n) is 9.55. The van der Waals surface area contributed by atoms with E-state index in [0.717, 1.165) is 17.7 Å². The molecule has 0 aliphatic rings. The Morgan fingerprint density at radius 1 is 1.00 bits per heavy atom. The molecule has 0 aliphatic heterocycles. The molecular formula is C14H10ClF3. The van der Waals surface area contributed by atoms with Gasteiger partial charge in [-0.3, -0.25) is 0 Å². The highest BCUT2D eigenvalue weighted by molar-refractivity contribution is 6.33. The van der Waals surface area contributed by atoms with Crippen molar-refractivity contribution >= 4 is 11.6 Å². The monoisotopic (exact) mass is 270 g/mol. The molecule has 4 heteroatoms. The van der Waals surface area contributed by atoms with E-state index in [1.54, 1.807) is 18.2 Å². The Balaban J connectivity index is 2.59. The van der Waals surface area contributed by atoms with Gasteiger partial charge < -0.3 is 0 Å². The van der Waals surface area contributed by atoms with Crippen LogP contribution in [0.25, 0.3) is 11.1 Å². The van der Waals surface area contributed by atoms with Crippen molar-refractivity contribution in [2.75, 3.05) is 0 Å². The Kier molecular flexibility index (Phi) is 3.35. The van der Waals surface area contributed by atoms with Gasteiger partial charge in [0.15, 0.2) is 0 Å². The summed E-state index contributed by atoms with van der Waals surface area (Å²) in [6.07, 6.45) is -4.34. The molecule has 0 N–H and O–H groups in total. The van der Waals surface area contributed by atoms with E-state index < -0.39 is 11.7 Å². The lowest BCUT2D eigenvalue weighted by molar-refractivity contribution is -0.137. The van der Waals surface area contributed by atoms with E-state index in [0.29, 0.717) is 16.1 Å². The van der Waals surface area contributed by atoms with Crippen LogP contribution in [0.3, 0.4) is 0 Å². The molecule has 0 radical (unpaired) electrons. The molecule has 0 aliphatic carbocycles. The summed E-state index contributed by atoms with van der Waals surface area (Å²) in [5, 5.41) is 0.453. The summed E-state index contributed by atoms with van der Waals surface area (Å²) in [5.74, 6) is 0. The molecular weight excluding hydrogens is 261 g/mol. The Hall–Kier alpha value is -1.48. The maximum Gasteiger partial charge on any atom is 0.416 e. The Labute approximate surface area is 108 Å². The van der Waals surface area contributed by atoms with E-state index in [2.05, 4.69) is 0 Å². The highest BCUT2D eigenvalue weighted by atomic mass is 35.5. The van der Waals surface area contributed by atoms with Crippen molar-refractivity contribution in [2.45, 2.75) is 13.1 Å². The van der Waals surface area contributed by atoms with Gasteiger partial charge in [0, 0.05) is 10.6 Å². The van der Waals surface area contributed by atoms with Gasteiger partial charge in [-0.15, -0.1) is 0 Å². The van der Waals surface area contributed by atoms with Gasteiger partial charge in [0.1, 0.15) is 0 Å². The lowest BCUT2D eigenvalue weighted by Gasteiger charge is -2.11. The highest BCUT2D eigenvalue weighted by Gasteiger charge is 2.30. The van der Waals surface area contributed by atoms with E-state index in [1.165, 1.54) is 6.07 Å². The van der Waals surface area contributed by atoms with E-state index in [1.807, 2.05) is 13.0 Å². The number of aryl methyl sites for hydroxylation is 1. The zero-order valence-corrected chi connectivity index (χ0v) is 10.3. The third kappa shape index (κ3) is 2.51. The topological polar surface area (TPSA) is 0 Å². The molecule has 0 nitrogen and oxygen atoms in total. The maximum absolute atomic E-state index is 12.7. The normalized spacial score (nSPS) is 11.6. The molecule has 0 bridgehead atoms. The maximum atomic E-state index is 12.7. The van der Waals surface area contributed by atoms with Gasteiger partial charge in [0.2, 0.25) is 0 Å². The van der Waals surface area contributed by atoms with Crippen LogP contribution in [0.15, 0.2) is 42.5 Å². The second kappa shape index (κ2) is 4.65. The molecule has 0 spiro atoms. The van der Waals surface area contributed by atoms with Gasteiger partial charge in [0.05, 0.1) is 5.56 Å². The molecule has 0 aromatic heterocycles. The second-order valence-corrected chi connectivity index (χ2v) is 4.42. The highest BCUT2D eigenvalue weighted by Crippen LogP contribution is 2.35. The number of halogens is 4. The number of hydrogen-bond donors (Lipinski definition) is 0. The first-order valence-corrected chi connectivity index (χ1v) is 5.70. The Morgan fingerprint density at radius 3 is 2.28 bits per heavy atom. The van der Waals surface area contributed by atoms with Crippen LogP contribution >= 0.6 is 11.6 Å². The van der Waals surface area contributed by atoms with Gasteiger partial charge in [-0.05, 0) is 36.2 Å². The van der Waals surface area contributed by atoms with Crippen molar-refractivity contribution in [2.24, 2.45) is 0 Å². The van der Waals surface area contributed by atoms with Gasteiger partial charge >= 0.3 is 6.18 Å². The number of benzene rings is 2. The zero-order chi connectivity index (χ0) is 13.3. The molecule has 2 rings (SSSR count). The van der Waals surface area contributed by atoms with Crippen LogP contribution in [0.2, 0.25) is 5.02 Å². The average molecular weight is 271 g/mol. The van der Waals surface area contributed by atoms with Crippen molar-refractivity contribution in [1.82, 2.24) is 0 Å². The molecule has 18 heavy (non-hydrogen) atoms. The molecule has 0 saturated carbocycles. The number of hydrogen-bond acceptors (Lipinski definition) is 0. The largest absolute Gasteiger partial charge is 0.416 e. The van der Waals surface area contributed by atoms with Gasteiger partial charge in [-0.1, -0.05) is 35.9 Å². The van der Waals surface area contributed by atoms with Gasteiger partial charge in [0.25, 0.3) is 0 Å². The molecule has 2 aromatic rings. The molecule has 0 fully saturated rings. The lowest BCUT2D eigenvalue weighted by atomic mass is 9.99. The van der Waals surface area contributed by atoms with E-state index >= 15 is 0 Å². The van der Waals surface area contributed by atoms with Crippen molar-refractivity contribution in [3.8, 4) is 11.1 Å². The van der Waals surface area contributed by atoms with E-state index in [4.69, 9.17) is 11.6 Å². The predicted molar refractivity (Wildman–Crippen MR) is 66.6 cm³/mol. The fourth-order valence-electron chi connectivity index (χ4n) is 1.85. The van der Waals surface area contributed by atoms with Crippen LogP contribution in [0.1, 0.15) is 11.1 Å². The third-order valence-electron chi connectivity index (χ3n) is 2.70. The minimum atomic E-state index is -4.34. The molecule has 0 atom stereocenters. The van der Waals surface area contributed by atoms with Gasteiger partial charge in [-0.2, -0.15) is 13.2 Å². The molecule has 0 amide bonds. The summed E-state index contributed by atoms with van der Waals surface area (Å²) in [6.45, 7) is 1.82. The smallest absolute Gasteiger partial charge is 0.166 e. The fourth-order valence-corrected chi connectivity index (χ4v) is 2.18. The number of alkyl halides is 3. The lowest BCUT2D eigenvalue weighted by Crippen LogP contribution is -2.04. The quantitative estimate of drug-likeness (QED) is 0.657. The van der Waals surface area contributed by atoms with Crippen LogP contribution < -0.4 is 0 Å². The second-order valence-electron chi connectivity index (χ2n) is 4.01. The van der Waals surface area contributed by atoms with Crippen LogP contribution in [0.4, 0.5) is 13.2 Å². The summed E-state index contributed by atoms with van der Waals surface area (Å²) < 4.78 is 38.0. The number of rotatable bonds is 1. The van der Waals surface area contributed by atoms with Crippen molar-refractivity contribution in [1.29, 1.82) is 0 Å². The van der Waals surface area contributed by atoms with Crippen molar-refractivity contribution in [3.05, 3.63) is 58.6 Å². The third-order valence-corrected chi connectivity index (χ3v) is 3.02. The summed E-state index contributed by atoms with van der Waals surface area (Å²) in [7, 11) is 0. The van der Waals surface area contributed by atoms with Crippen LogP contribution in [0.5, 0.6) is 0 Å². The average Bonchev–Trinajstić information content (AvgIpc) is 2.28. The van der Waals surface area contributed by atoms with Crippen LogP contribution in [-0.4, -0.2) is 0 Å². The van der Waals surface area contributed by atoms with Crippen molar-refractivity contribution < 1.29 is 13.2 Å². The summed E-state index contributed by atoms with van der Waals surface area (Å²) >= 11 is 6.05. The molecule has 0 saturated heterocycles. The predicted octanol–water partition coefficient (Wildman–Crippen LogP) is 5.33. The fraction of sp³-hybridized carbons (Fsp3) is 0.143. The Morgan fingerprint density at radius 2 is 1.67 bits per heavy atom. The summed E-state index contributed by atoms with van der Waals surface area (Å²) in [4.78, 5) is 0. The van der Waals surface area contributed by atoms with Crippen molar-refractivity contribution in [3.63, 3.8) is 0 Å². The summed E-state index contributed by atoms with van der Waals surface area (Å²) in [6, 6.07) is 10.5. The first-order chi connectivity index (χ1) is 8.39. The minimum absolute atomic E-state index is 0.453. The Bertz CT molecular complexity index is 553. The standard InChI is InChI=1S/C14H10ClF3/c1-9-4-2-7-12(15)13(9)10-5-3-6-11(8-10)14(16,17)18/h2-8H,1H3. The first kappa shape index (κ1) is 13.0. The first-order valence-electron chi connectivity index (χ1n) is 5.32. The van der Waals surface area contributed by atoms with E-state index in [-0.39, 0.29) is 0 Å². The van der Waals surface area contributed by atoms with Gasteiger partial charge in [-0.25, -0.2) is 0 Å². The molecule has 0 heterocycles. The van der Waals surface area contributed by atoms with Crippen LogP contribution in [-0.2, 0) is 6.18 Å². The molecule has 94 valence electrons. The molecule has 2 aromatic carbocycles. The molecule has 0 unspecified atom stereocenters. The van der Waals surface area contributed by atoms with E-state index in [9.17, 15) is 13.2 Å². The summed E-state index contributed by atoms with van der Waals surface area (Å²) in [5.41, 5.74) is 1.30. The SMILES string of the molecule is Cc1cccc(Cl)c1-c1cccc(C(F)(F)F)c1. The minimum Gasteiger partial charge on any atom is -0.166 e.